The summed E-state index contributed by atoms with van der Waals surface area (Å²) in [6.07, 6.45) is 4.65. The minimum atomic E-state index is -4.21. The Hall–Kier alpha value is -3.86. The van der Waals surface area contributed by atoms with Gasteiger partial charge in [0.05, 0.1) is 17.0 Å². The third kappa shape index (κ3) is 16.6. The lowest BCUT2D eigenvalue weighted by molar-refractivity contribution is -0.141. The molecule has 13 nitrogen and oxygen atoms in total. The molecular weight excluding hydrogens is 809 g/mol. The van der Waals surface area contributed by atoms with Crippen molar-refractivity contribution in [1.29, 1.82) is 0 Å². The van der Waals surface area contributed by atoms with Crippen LogP contribution in [0, 0.1) is 11.3 Å². The van der Waals surface area contributed by atoms with E-state index in [-0.39, 0.29) is 40.0 Å². The SMILES string of the molecule is CN[C@H](C(=O)NC(C(=O)N(C)[C@H](/C=C(\C)C(=O)NS(=O)(=O)c1ccc(CSSCCC(=O)NCCCCCC(N)=O)cc1)C(C)C)C(C)(C)C)C(C)(C)c1ccccc1. The van der Waals surface area contributed by atoms with Crippen molar-refractivity contribution < 1.29 is 32.4 Å². The van der Waals surface area contributed by atoms with E-state index in [1.807, 2.05) is 78.8 Å². The van der Waals surface area contributed by atoms with Gasteiger partial charge in [-0.3, -0.25) is 24.0 Å². The standard InChI is InChI=1S/C43H66N6O7S3/c1-29(2)34(49(10)41(54)38(42(4,5)6)47-40(53)37(45-9)43(7,8)32-17-13-11-14-18-32)27-30(3)39(52)48-59(55,56)33-22-20-31(21-23-33)28-58-57-26-24-36(51)46-25-16-12-15-19-35(44)50/h11,13-14,17-18,20-23,27,29,34,37-38,45H,12,15-16,19,24-26,28H2,1-10H3,(H2,44,50)(H,46,51)(H,47,53)(H,48,52)/b30-27+/t34-,37-,38?/m1/s1. The first-order valence-electron chi connectivity index (χ1n) is 20.0. The molecule has 2 aromatic carbocycles. The van der Waals surface area contributed by atoms with Gasteiger partial charge in [-0.2, -0.15) is 0 Å². The number of rotatable bonds is 24. The molecule has 0 aromatic heterocycles. The predicted octanol–water partition coefficient (Wildman–Crippen LogP) is 5.45. The van der Waals surface area contributed by atoms with E-state index in [2.05, 4.69) is 20.7 Å². The summed E-state index contributed by atoms with van der Waals surface area (Å²) in [5, 5.41) is 9.04. The van der Waals surface area contributed by atoms with E-state index >= 15 is 0 Å². The van der Waals surface area contributed by atoms with Crippen molar-refractivity contribution in [2.24, 2.45) is 17.1 Å². The molecule has 3 atom stereocenters. The zero-order valence-corrected chi connectivity index (χ0v) is 38.8. The molecule has 6 N–H and O–H groups in total. The maximum atomic E-state index is 14.2. The summed E-state index contributed by atoms with van der Waals surface area (Å²) < 4.78 is 28.6. The Morgan fingerprint density at radius 1 is 0.864 bits per heavy atom. The number of nitrogens with one attached hydrogen (secondary N) is 4. The van der Waals surface area contributed by atoms with Crippen molar-refractivity contribution in [3.63, 3.8) is 0 Å². The quantitative estimate of drug-likeness (QED) is 0.0514. The summed E-state index contributed by atoms with van der Waals surface area (Å²) in [6, 6.07) is 13.8. The maximum absolute atomic E-state index is 14.2. The summed E-state index contributed by atoms with van der Waals surface area (Å²) in [4.78, 5) is 65.7. The van der Waals surface area contributed by atoms with Crippen LogP contribution >= 0.6 is 21.6 Å². The van der Waals surface area contributed by atoms with Crippen molar-refractivity contribution in [3.05, 3.63) is 77.4 Å². The molecular formula is C43H66N6O7S3. The van der Waals surface area contributed by atoms with Gasteiger partial charge in [-0.05, 0) is 61.4 Å². The van der Waals surface area contributed by atoms with Gasteiger partial charge in [-0.15, -0.1) is 0 Å². The number of unbranched alkanes of at least 4 members (excludes halogenated alkanes) is 2. The molecule has 0 fully saturated rings. The molecule has 328 valence electrons. The van der Waals surface area contributed by atoms with Crippen LogP contribution in [0.25, 0.3) is 0 Å². The molecule has 59 heavy (non-hydrogen) atoms. The van der Waals surface area contributed by atoms with Crippen molar-refractivity contribution in [2.45, 2.75) is 122 Å². The lowest BCUT2D eigenvalue weighted by Crippen LogP contribution is -2.61. The summed E-state index contributed by atoms with van der Waals surface area (Å²) in [5.74, 6) is -0.812. The number of hydrogen-bond acceptors (Lipinski definition) is 10. The Bertz CT molecular complexity index is 1850. The molecule has 0 bridgehead atoms. The molecule has 0 aliphatic carbocycles. The number of carbonyl (C=O) groups excluding carboxylic acids is 5. The second-order valence-corrected chi connectivity index (χ2v) is 21.0. The van der Waals surface area contributed by atoms with Crippen molar-refractivity contribution in [2.75, 3.05) is 26.4 Å². The van der Waals surface area contributed by atoms with Crippen LogP contribution in [0.4, 0.5) is 0 Å². The van der Waals surface area contributed by atoms with E-state index < -0.39 is 44.9 Å². The van der Waals surface area contributed by atoms with Gasteiger partial charge < -0.3 is 26.6 Å². The topological polar surface area (TPSA) is 197 Å². The van der Waals surface area contributed by atoms with Crippen LogP contribution in [0.2, 0.25) is 0 Å². The molecule has 0 spiro atoms. The molecule has 0 radical (unpaired) electrons. The van der Waals surface area contributed by atoms with Crippen molar-refractivity contribution in [3.8, 4) is 0 Å². The molecule has 1 unspecified atom stereocenters. The summed E-state index contributed by atoms with van der Waals surface area (Å²) in [6.45, 7) is 15.4. The average molecular weight is 875 g/mol. The molecule has 0 aliphatic heterocycles. The predicted molar refractivity (Wildman–Crippen MR) is 240 cm³/mol. The number of nitrogens with two attached hydrogens (primary N) is 1. The Balaban J connectivity index is 2.03. The molecule has 2 aromatic rings. The molecule has 0 aliphatic rings. The van der Waals surface area contributed by atoms with Gasteiger partial charge in [0.25, 0.3) is 15.9 Å². The van der Waals surface area contributed by atoms with Crippen LogP contribution in [0.3, 0.4) is 0 Å². The molecule has 16 heteroatoms. The van der Waals surface area contributed by atoms with E-state index in [1.165, 1.54) is 24.0 Å². The van der Waals surface area contributed by atoms with Crippen LogP contribution < -0.4 is 26.4 Å². The second-order valence-electron chi connectivity index (χ2n) is 16.7. The zero-order valence-electron chi connectivity index (χ0n) is 36.3. The number of nitrogens with zero attached hydrogens (tertiary/aromatic N) is 1. The highest BCUT2D eigenvalue weighted by Gasteiger charge is 2.41. The average Bonchev–Trinajstić information content (AvgIpc) is 3.16. The summed E-state index contributed by atoms with van der Waals surface area (Å²) in [7, 11) is 2.22. The van der Waals surface area contributed by atoms with E-state index in [1.54, 1.807) is 53.9 Å². The van der Waals surface area contributed by atoms with Gasteiger partial charge in [-0.25, -0.2) is 13.1 Å². The Morgan fingerprint density at radius 2 is 1.49 bits per heavy atom. The molecule has 5 amide bonds. The van der Waals surface area contributed by atoms with Crippen LogP contribution in [0.5, 0.6) is 0 Å². The first-order chi connectivity index (χ1) is 27.5. The Kier molecular flexibility index (Phi) is 20.7. The first kappa shape index (κ1) is 51.3. The largest absolute Gasteiger partial charge is 0.370 e. The third-order valence-electron chi connectivity index (χ3n) is 10.1. The van der Waals surface area contributed by atoms with E-state index in [0.717, 1.165) is 30.4 Å². The van der Waals surface area contributed by atoms with Gasteiger partial charge in [0.1, 0.15) is 6.04 Å². The summed E-state index contributed by atoms with van der Waals surface area (Å²) in [5.41, 5.74) is 5.80. The minimum Gasteiger partial charge on any atom is -0.370 e. The monoisotopic (exact) mass is 874 g/mol. The van der Waals surface area contributed by atoms with Crippen LogP contribution in [-0.4, -0.2) is 87.4 Å². The van der Waals surface area contributed by atoms with Gasteiger partial charge in [0.2, 0.25) is 23.6 Å². The fraction of sp³-hybridized carbons (Fsp3) is 0.558. The smallest absolute Gasteiger partial charge is 0.264 e. The zero-order chi connectivity index (χ0) is 44.6. The Morgan fingerprint density at radius 3 is 2.05 bits per heavy atom. The first-order valence-corrected chi connectivity index (χ1v) is 23.9. The molecule has 0 saturated carbocycles. The van der Waals surface area contributed by atoms with E-state index in [0.29, 0.717) is 30.9 Å². The van der Waals surface area contributed by atoms with Crippen molar-refractivity contribution >= 4 is 61.1 Å². The minimum absolute atomic E-state index is 0.0351. The molecule has 0 heterocycles. The van der Waals surface area contributed by atoms with Gasteiger partial charge in [0, 0.05) is 48.9 Å². The van der Waals surface area contributed by atoms with E-state index in [9.17, 15) is 32.4 Å². The summed E-state index contributed by atoms with van der Waals surface area (Å²) >= 11 is 0. The highest BCUT2D eigenvalue weighted by molar-refractivity contribution is 8.76. The lowest BCUT2D eigenvalue weighted by Gasteiger charge is -2.40. The van der Waals surface area contributed by atoms with Gasteiger partial charge >= 0.3 is 0 Å². The number of sulfonamides is 1. The van der Waals surface area contributed by atoms with Crippen LogP contribution in [0.15, 0.2) is 71.1 Å². The number of benzene rings is 2. The number of hydrogen-bond donors (Lipinski definition) is 5. The second kappa shape index (κ2) is 23.8. The fourth-order valence-corrected chi connectivity index (χ4v) is 9.49. The lowest BCUT2D eigenvalue weighted by atomic mass is 9.76. The Labute approximate surface area is 360 Å². The number of primary amides is 1. The fourth-order valence-electron chi connectivity index (χ4n) is 6.41. The normalized spacial score (nSPS) is 13.9. The number of likely N-dealkylation sites (N-methyl/N-ethyl adjacent to an activating group) is 2. The highest BCUT2D eigenvalue weighted by atomic mass is 33.1. The van der Waals surface area contributed by atoms with E-state index in [4.69, 9.17) is 5.73 Å². The van der Waals surface area contributed by atoms with Crippen LogP contribution in [-0.2, 0) is 45.2 Å². The molecule has 2 rings (SSSR count). The number of carbonyl (C=O) groups is 5. The highest BCUT2D eigenvalue weighted by Crippen LogP contribution is 2.30. The van der Waals surface area contributed by atoms with Crippen LogP contribution in [0.1, 0.15) is 98.6 Å². The number of amides is 5. The van der Waals surface area contributed by atoms with Gasteiger partial charge in [0.15, 0.2) is 0 Å². The maximum Gasteiger partial charge on any atom is 0.264 e. The third-order valence-corrected chi connectivity index (χ3v) is 13.7. The van der Waals surface area contributed by atoms with Gasteiger partial charge in [-0.1, -0.05) is 125 Å². The van der Waals surface area contributed by atoms with Crippen molar-refractivity contribution in [1.82, 2.24) is 25.6 Å². The molecule has 0 saturated heterocycles.